The Kier molecular flexibility index (Phi) is 7.38. The summed E-state index contributed by atoms with van der Waals surface area (Å²) in [5.41, 5.74) is -2.51. The number of hydrogen-bond donors (Lipinski definition) is 0. The predicted octanol–water partition coefficient (Wildman–Crippen LogP) is 6.94. The van der Waals surface area contributed by atoms with E-state index < -0.39 is 23.1 Å². The number of ketones is 1. The topological polar surface area (TPSA) is 68.6 Å². The molecular weight excluding hydrogens is 471 g/mol. The number of methoxy groups -OCH3 is 1. The van der Waals surface area contributed by atoms with E-state index >= 15 is 0 Å². The van der Waals surface area contributed by atoms with Gasteiger partial charge in [-0.2, -0.15) is 18.4 Å². The third kappa shape index (κ3) is 5.26. The maximum absolute atomic E-state index is 12.9. The van der Waals surface area contributed by atoms with Crippen molar-refractivity contribution >= 4 is 17.4 Å². The van der Waals surface area contributed by atoms with E-state index in [1.807, 2.05) is 6.07 Å². The van der Waals surface area contributed by atoms with Crippen molar-refractivity contribution in [1.29, 1.82) is 5.26 Å². The second-order valence-corrected chi connectivity index (χ2v) is 7.53. The number of ether oxygens (including phenoxy) is 3. The zero-order chi connectivity index (χ0) is 24.9. The Bertz CT molecular complexity index is 1220. The number of rotatable bonds is 8. The fraction of sp³-hybridized carbons (Fsp3) is 0.200. The van der Waals surface area contributed by atoms with Crippen LogP contribution in [0.3, 0.4) is 0 Å². The molecule has 0 radical (unpaired) electrons. The van der Waals surface area contributed by atoms with Gasteiger partial charge in [-0.25, -0.2) is 0 Å². The molecule has 1 unspecified atom stereocenters. The third-order valence-corrected chi connectivity index (χ3v) is 5.23. The lowest BCUT2D eigenvalue weighted by molar-refractivity contribution is -0.137. The number of halogens is 4. The first-order valence-electron chi connectivity index (χ1n) is 10.1. The van der Waals surface area contributed by atoms with Crippen LogP contribution in [0, 0.1) is 11.3 Å². The monoisotopic (exact) mass is 489 g/mol. The van der Waals surface area contributed by atoms with Gasteiger partial charge in [0.15, 0.2) is 5.78 Å². The molecule has 1 atom stereocenters. The molecule has 0 amide bonds. The standard InChI is InChI=1S/C25H19ClF3NO4/c1-3-23(31)24(15-30,16-7-10-18(32-2)11-8-16)34-20-6-4-5-19(14-20)33-22-12-9-17(13-21(22)26)25(27,28)29/h4-14H,3H2,1-2H3. The van der Waals surface area contributed by atoms with Crippen molar-refractivity contribution in [3.05, 3.63) is 82.9 Å². The molecule has 0 heterocycles. The molecule has 0 saturated carbocycles. The van der Waals surface area contributed by atoms with Crippen LogP contribution in [0.2, 0.25) is 5.02 Å². The zero-order valence-electron chi connectivity index (χ0n) is 18.2. The fourth-order valence-electron chi connectivity index (χ4n) is 3.17. The van der Waals surface area contributed by atoms with Gasteiger partial charge in [0.25, 0.3) is 5.60 Å². The maximum Gasteiger partial charge on any atom is 0.416 e. The van der Waals surface area contributed by atoms with Crippen LogP contribution in [-0.4, -0.2) is 12.9 Å². The molecule has 0 N–H and O–H groups in total. The lowest BCUT2D eigenvalue weighted by Gasteiger charge is -2.27. The van der Waals surface area contributed by atoms with Gasteiger partial charge < -0.3 is 14.2 Å². The highest BCUT2D eigenvalue weighted by molar-refractivity contribution is 6.32. The molecule has 176 valence electrons. The summed E-state index contributed by atoms with van der Waals surface area (Å²) in [5.74, 6) is 0.406. The average molecular weight is 490 g/mol. The predicted molar refractivity (Wildman–Crippen MR) is 119 cm³/mol. The molecule has 3 aromatic carbocycles. The first kappa shape index (κ1) is 24.9. The molecule has 0 fully saturated rings. The number of benzene rings is 3. The van der Waals surface area contributed by atoms with Crippen LogP contribution in [0.25, 0.3) is 0 Å². The number of alkyl halides is 3. The van der Waals surface area contributed by atoms with Gasteiger partial charge in [-0.3, -0.25) is 4.79 Å². The molecule has 0 aliphatic rings. The van der Waals surface area contributed by atoms with Crippen LogP contribution < -0.4 is 14.2 Å². The molecule has 0 spiro atoms. The van der Waals surface area contributed by atoms with Gasteiger partial charge in [-0.15, -0.1) is 0 Å². The number of nitrogens with zero attached hydrogens (tertiary/aromatic N) is 1. The lowest BCUT2D eigenvalue weighted by atomic mass is 9.89. The Morgan fingerprint density at radius 2 is 1.62 bits per heavy atom. The molecule has 9 heteroatoms. The summed E-state index contributed by atoms with van der Waals surface area (Å²) in [4.78, 5) is 12.8. The minimum absolute atomic E-state index is 0.00171. The van der Waals surface area contributed by atoms with Gasteiger partial charge in [0.2, 0.25) is 0 Å². The average Bonchev–Trinajstić information content (AvgIpc) is 2.83. The second-order valence-electron chi connectivity index (χ2n) is 7.12. The molecule has 3 rings (SSSR count). The number of carbonyl (C=O) groups excluding carboxylic acids is 1. The van der Waals surface area contributed by atoms with Gasteiger partial charge >= 0.3 is 6.18 Å². The van der Waals surface area contributed by atoms with Crippen LogP contribution in [0.5, 0.6) is 23.0 Å². The first-order valence-corrected chi connectivity index (χ1v) is 10.4. The van der Waals surface area contributed by atoms with Crippen molar-refractivity contribution < 1.29 is 32.2 Å². The van der Waals surface area contributed by atoms with E-state index in [-0.39, 0.29) is 28.7 Å². The number of hydrogen-bond acceptors (Lipinski definition) is 5. The van der Waals surface area contributed by atoms with E-state index in [0.29, 0.717) is 11.3 Å². The summed E-state index contributed by atoms with van der Waals surface area (Å²) in [6, 6.07) is 17.1. The van der Waals surface area contributed by atoms with E-state index in [1.54, 1.807) is 37.3 Å². The SMILES string of the molecule is CCC(=O)C(C#N)(Oc1cccc(Oc2ccc(C(F)(F)F)cc2Cl)c1)c1ccc(OC)cc1. The minimum Gasteiger partial charge on any atom is -0.497 e. The normalized spacial score (nSPS) is 12.9. The lowest BCUT2D eigenvalue weighted by Crippen LogP contribution is -2.40. The highest BCUT2D eigenvalue weighted by Crippen LogP contribution is 2.38. The summed E-state index contributed by atoms with van der Waals surface area (Å²) in [5, 5.41) is 9.75. The summed E-state index contributed by atoms with van der Waals surface area (Å²) >= 11 is 5.96. The van der Waals surface area contributed by atoms with Crippen molar-refractivity contribution in [3.63, 3.8) is 0 Å². The minimum atomic E-state index is -4.54. The molecule has 5 nitrogen and oxygen atoms in total. The van der Waals surface area contributed by atoms with Gasteiger partial charge in [0, 0.05) is 18.1 Å². The highest BCUT2D eigenvalue weighted by atomic mass is 35.5. The van der Waals surface area contributed by atoms with E-state index in [2.05, 4.69) is 0 Å². The van der Waals surface area contributed by atoms with Crippen LogP contribution in [0.4, 0.5) is 13.2 Å². The maximum atomic E-state index is 12.9. The van der Waals surface area contributed by atoms with E-state index in [9.17, 15) is 23.2 Å². The number of nitriles is 1. The Balaban J connectivity index is 1.93. The van der Waals surface area contributed by atoms with Crippen LogP contribution in [0.1, 0.15) is 24.5 Å². The Labute approximate surface area is 199 Å². The summed E-state index contributed by atoms with van der Waals surface area (Å²) in [6.07, 6.45) is -4.50. The second kappa shape index (κ2) is 10.1. The van der Waals surface area contributed by atoms with Crippen molar-refractivity contribution in [2.45, 2.75) is 25.1 Å². The summed E-state index contributed by atoms with van der Waals surface area (Å²) in [6.45, 7) is 1.62. The van der Waals surface area contributed by atoms with E-state index in [1.165, 1.54) is 25.3 Å². The molecule has 0 bridgehead atoms. The number of Topliss-reactive ketones (excluding diaryl/α,β-unsaturated/α-hetero) is 1. The van der Waals surface area contributed by atoms with Gasteiger partial charge in [0.1, 0.15) is 29.1 Å². The highest BCUT2D eigenvalue weighted by Gasteiger charge is 2.42. The van der Waals surface area contributed by atoms with Gasteiger partial charge in [-0.1, -0.05) is 24.6 Å². The molecular formula is C25H19ClF3NO4. The largest absolute Gasteiger partial charge is 0.497 e. The third-order valence-electron chi connectivity index (χ3n) is 4.93. The Morgan fingerprint density at radius 3 is 2.18 bits per heavy atom. The molecule has 3 aromatic rings. The van der Waals surface area contributed by atoms with Gasteiger partial charge in [-0.05, 0) is 54.6 Å². The van der Waals surface area contributed by atoms with E-state index in [4.69, 9.17) is 25.8 Å². The Hall–Kier alpha value is -3.70. The zero-order valence-corrected chi connectivity index (χ0v) is 18.9. The summed E-state index contributed by atoms with van der Waals surface area (Å²) < 4.78 is 55.3. The first-order chi connectivity index (χ1) is 16.1. The molecule has 0 aromatic heterocycles. The fourth-order valence-corrected chi connectivity index (χ4v) is 3.39. The van der Waals surface area contributed by atoms with Gasteiger partial charge in [0.05, 0.1) is 17.7 Å². The quantitative estimate of drug-likeness (QED) is 0.343. The van der Waals surface area contributed by atoms with Crippen LogP contribution in [0.15, 0.2) is 66.7 Å². The van der Waals surface area contributed by atoms with Crippen molar-refractivity contribution in [3.8, 4) is 29.1 Å². The summed E-state index contributed by atoms with van der Waals surface area (Å²) in [7, 11) is 1.49. The van der Waals surface area contributed by atoms with Crippen molar-refractivity contribution in [1.82, 2.24) is 0 Å². The van der Waals surface area contributed by atoms with Crippen molar-refractivity contribution in [2.75, 3.05) is 7.11 Å². The van der Waals surface area contributed by atoms with Crippen LogP contribution >= 0.6 is 11.6 Å². The molecule has 0 saturated heterocycles. The molecule has 34 heavy (non-hydrogen) atoms. The Morgan fingerprint density at radius 1 is 0.971 bits per heavy atom. The van der Waals surface area contributed by atoms with Crippen LogP contribution in [-0.2, 0) is 16.6 Å². The van der Waals surface area contributed by atoms with E-state index in [0.717, 1.165) is 18.2 Å². The number of carbonyl (C=O) groups is 1. The van der Waals surface area contributed by atoms with Crippen molar-refractivity contribution in [2.24, 2.45) is 0 Å². The molecule has 0 aliphatic carbocycles. The molecule has 0 aliphatic heterocycles. The smallest absolute Gasteiger partial charge is 0.416 e.